The Hall–Kier alpha value is 0.230. The maximum atomic E-state index is 12.1. The molecule has 5 heteroatoms. The van der Waals surface area contributed by atoms with Crippen molar-refractivity contribution in [3.63, 3.8) is 0 Å². The van der Waals surface area contributed by atoms with Gasteiger partial charge in [0.25, 0.3) is 0 Å². The van der Waals surface area contributed by atoms with Gasteiger partial charge in [-0.3, -0.25) is 4.90 Å². The van der Waals surface area contributed by atoms with Crippen molar-refractivity contribution in [2.24, 2.45) is 5.41 Å². The molecule has 1 fully saturated rings. The van der Waals surface area contributed by atoms with Gasteiger partial charge in [0.1, 0.15) is 0 Å². The maximum absolute atomic E-state index is 12.1. The van der Waals surface area contributed by atoms with Crippen LogP contribution in [0.15, 0.2) is 0 Å². The molecule has 1 aliphatic rings. The van der Waals surface area contributed by atoms with Crippen molar-refractivity contribution < 1.29 is 13.2 Å². The third kappa shape index (κ3) is 3.42. The normalized spacial score (nSPS) is 21.0. The lowest BCUT2D eigenvalue weighted by molar-refractivity contribution is -0.146. The summed E-state index contributed by atoms with van der Waals surface area (Å²) < 4.78 is 36.2. The molecule has 0 heterocycles. The lowest BCUT2D eigenvalue weighted by Gasteiger charge is -2.43. The number of alkyl halides is 4. The van der Waals surface area contributed by atoms with Crippen molar-refractivity contribution in [2.75, 3.05) is 25.5 Å². The zero-order chi connectivity index (χ0) is 10.8. The average Bonchev–Trinajstić information content (AvgIpc) is 1.93. The molecule has 0 radical (unpaired) electrons. The van der Waals surface area contributed by atoms with E-state index in [1.807, 2.05) is 0 Å². The van der Waals surface area contributed by atoms with E-state index in [1.54, 1.807) is 0 Å². The Morgan fingerprint density at radius 2 is 1.93 bits per heavy atom. The van der Waals surface area contributed by atoms with Crippen LogP contribution in [0.2, 0.25) is 0 Å². The van der Waals surface area contributed by atoms with Crippen LogP contribution in [0.4, 0.5) is 13.2 Å². The van der Waals surface area contributed by atoms with Gasteiger partial charge >= 0.3 is 6.18 Å². The zero-order valence-corrected chi connectivity index (χ0v) is 9.79. The van der Waals surface area contributed by atoms with Gasteiger partial charge in [0.05, 0.1) is 6.54 Å². The Labute approximate surface area is 90.8 Å². The fourth-order valence-electron chi connectivity index (χ4n) is 1.95. The Balaban J connectivity index is 2.36. The lowest BCUT2D eigenvalue weighted by Crippen LogP contribution is -2.44. The van der Waals surface area contributed by atoms with Crippen LogP contribution in [0.3, 0.4) is 0 Å². The van der Waals surface area contributed by atoms with Crippen LogP contribution in [-0.2, 0) is 0 Å². The molecule has 0 atom stereocenters. The van der Waals surface area contributed by atoms with Crippen LogP contribution >= 0.6 is 15.9 Å². The summed E-state index contributed by atoms with van der Waals surface area (Å²) in [5.41, 5.74) is 0.0972. The molecule has 0 unspecified atom stereocenters. The molecule has 14 heavy (non-hydrogen) atoms. The highest BCUT2D eigenvalue weighted by Crippen LogP contribution is 2.43. The van der Waals surface area contributed by atoms with Crippen LogP contribution in [0.5, 0.6) is 0 Å². The first-order valence-corrected chi connectivity index (χ1v) is 5.80. The quantitative estimate of drug-likeness (QED) is 0.712. The molecule has 84 valence electrons. The second-order valence-corrected chi connectivity index (χ2v) is 4.84. The minimum absolute atomic E-state index is 0.0972. The standard InChI is InChI=1S/C9H15BrF3N/c1-14(7-9(11,12)13)6-8(5-10)3-2-4-8/h2-7H2,1H3. The van der Waals surface area contributed by atoms with Gasteiger partial charge in [-0.25, -0.2) is 0 Å². The molecule has 0 N–H and O–H groups in total. The fourth-order valence-corrected chi connectivity index (χ4v) is 2.68. The molecule has 0 spiro atoms. The summed E-state index contributed by atoms with van der Waals surface area (Å²) in [7, 11) is 1.54. The molecular weight excluding hydrogens is 259 g/mol. The van der Waals surface area contributed by atoms with Crippen molar-refractivity contribution in [2.45, 2.75) is 25.4 Å². The summed E-state index contributed by atoms with van der Waals surface area (Å²) in [6, 6.07) is 0. The fraction of sp³-hybridized carbons (Fsp3) is 1.00. The highest BCUT2D eigenvalue weighted by Gasteiger charge is 2.39. The van der Waals surface area contributed by atoms with Gasteiger partial charge in [0.15, 0.2) is 0 Å². The number of nitrogens with zero attached hydrogens (tertiary/aromatic N) is 1. The molecule has 1 nitrogen and oxygen atoms in total. The highest BCUT2D eigenvalue weighted by molar-refractivity contribution is 9.09. The first-order valence-electron chi connectivity index (χ1n) is 4.68. The SMILES string of the molecule is CN(CC(F)(F)F)CC1(CBr)CCC1. The van der Waals surface area contributed by atoms with Gasteiger partial charge in [0, 0.05) is 11.9 Å². The smallest absolute Gasteiger partial charge is 0.298 e. The van der Waals surface area contributed by atoms with E-state index in [4.69, 9.17) is 0 Å². The molecule has 0 aliphatic heterocycles. The molecule has 0 bridgehead atoms. The minimum atomic E-state index is -4.08. The van der Waals surface area contributed by atoms with Gasteiger partial charge in [-0.05, 0) is 25.3 Å². The summed E-state index contributed by atoms with van der Waals surface area (Å²) >= 11 is 3.38. The van der Waals surface area contributed by atoms with Crippen molar-refractivity contribution in [3.05, 3.63) is 0 Å². The molecule has 0 saturated heterocycles. The van der Waals surface area contributed by atoms with Crippen LogP contribution in [-0.4, -0.2) is 36.5 Å². The number of rotatable bonds is 4. The predicted octanol–water partition coefficient (Wildman–Crippen LogP) is 3.05. The van der Waals surface area contributed by atoms with Crippen LogP contribution < -0.4 is 0 Å². The second-order valence-electron chi connectivity index (χ2n) is 4.27. The third-order valence-corrected chi connectivity index (χ3v) is 3.94. The van der Waals surface area contributed by atoms with Crippen molar-refractivity contribution in [1.29, 1.82) is 0 Å². The first kappa shape index (κ1) is 12.3. The molecule has 0 aromatic rings. The second kappa shape index (κ2) is 4.39. The Morgan fingerprint density at radius 3 is 2.21 bits per heavy atom. The topological polar surface area (TPSA) is 3.24 Å². The monoisotopic (exact) mass is 273 g/mol. The number of hydrogen-bond donors (Lipinski definition) is 0. The first-order chi connectivity index (χ1) is 6.37. The van der Waals surface area contributed by atoms with E-state index in [0.717, 1.165) is 24.6 Å². The molecular formula is C9H15BrF3N. The highest BCUT2D eigenvalue weighted by atomic mass is 79.9. The van der Waals surface area contributed by atoms with E-state index >= 15 is 0 Å². The van der Waals surface area contributed by atoms with E-state index in [2.05, 4.69) is 15.9 Å². The van der Waals surface area contributed by atoms with Crippen LogP contribution in [0.1, 0.15) is 19.3 Å². The van der Waals surface area contributed by atoms with E-state index < -0.39 is 12.7 Å². The molecule has 0 aromatic heterocycles. The number of halogens is 4. The summed E-state index contributed by atoms with van der Waals surface area (Å²) in [5.74, 6) is 0. The van der Waals surface area contributed by atoms with Gasteiger partial charge in [0.2, 0.25) is 0 Å². The number of hydrogen-bond acceptors (Lipinski definition) is 1. The summed E-state index contributed by atoms with van der Waals surface area (Å²) in [5, 5.41) is 0.808. The van der Waals surface area contributed by atoms with E-state index in [1.165, 1.54) is 11.9 Å². The third-order valence-electron chi connectivity index (χ3n) is 2.75. The van der Waals surface area contributed by atoms with Gasteiger partial charge in [-0.1, -0.05) is 22.4 Å². The summed E-state index contributed by atoms with van der Waals surface area (Å²) in [6.45, 7) is -0.264. The zero-order valence-electron chi connectivity index (χ0n) is 8.20. The Morgan fingerprint density at radius 1 is 1.36 bits per heavy atom. The summed E-state index contributed by atoms with van der Waals surface area (Å²) in [4.78, 5) is 1.38. The van der Waals surface area contributed by atoms with Crippen molar-refractivity contribution >= 4 is 15.9 Å². The van der Waals surface area contributed by atoms with Gasteiger partial charge in [-0.2, -0.15) is 13.2 Å². The summed E-state index contributed by atoms with van der Waals surface area (Å²) in [6.07, 6.45) is -0.849. The predicted molar refractivity (Wildman–Crippen MR) is 53.6 cm³/mol. The van der Waals surface area contributed by atoms with Gasteiger partial charge < -0.3 is 0 Å². The molecule has 1 saturated carbocycles. The van der Waals surface area contributed by atoms with Crippen molar-refractivity contribution in [1.82, 2.24) is 4.90 Å². The van der Waals surface area contributed by atoms with E-state index in [0.29, 0.717) is 6.54 Å². The molecule has 1 aliphatic carbocycles. The lowest BCUT2D eigenvalue weighted by atomic mass is 9.70. The van der Waals surface area contributed by atoms with Crippen LogP contribution in [0.25, 0.3) is 0 Å². The van der Waals surface area contributed by atoms with Gasteiger partial charge in [-0.15, -0.1) is 0 Å². The molecule has 0 aromatic carbocycles. The maximum Gasteiger partial charge on any atom is 0.401 e. The average molecular weight is 274 g/mol. The van der Waals surface area contributed by atoms with Crippen LogP contribution in [0, 0.1) is 5.41 Å². The van der Waals surface area contributed by atoms with Crippen molar-refractivity contribution in [3.8, 4) is 0 Å². The largest absolute Gasteiger partial charge is 0.401 e. The molecule has 0 amide bonds. The Kier molecular flexibility index (Phi) is 3.86. The Bertz CT molecular complexity index is 183. The van der Waals surface area contributed by atoms with E-state index in [-0.39, 0.29) is 5.41 Å². The van der Waals surface area contributed by atoms with E-state index in [9.17, 15) is 13.2 Å². The molecule has 1 rings (SSSR count). The minimum Gasteiger partial charge on any atom is -0.298 e.